The highest BCUT2D eigenvalue weighted by Gasteiger charge is 2.19. The van der Waals surface area contributed by atoms with Gasteiger partial charge in [0, 0.05) is 10.5 Å². The lowest BCUT2D eigenvalue weighted by Crippen LogP contribution is -2.32. The molecule has 0 heterocycles. The fourth-order valence-electron chi connectivity index (χ4n) is 1.29. The zero-order valence-electron chi connectivity index (χ0n) is 9.05. The molecule has 0 bridgehead atoms. The minimum absolute atomic E-state index is 0.465. The first-order valence-corrected chi connectivity index (χ1v) is 7.22. The van der Waals surface area contributed by atoms with Gasteiger partial charge in [-0.3, -0.25) is 4.79 Å². The molecular weight excluding hydrogens is 310 g/mol. The molecule has 0 spiro atoms. The van der Waals surface area contributed by atoms with Crippen molar-refractivity contribution in [1.29, 1.82) is 0 Å². The first kappa shape index (κ1) is 14.1. The van der Waals surface area contributed by atoms with Gasteiger partial charge in [0.25, 0.3) is 0 Å². The van der Waals surface area contributed by atoms with Gasteiger partial charge in [0.15, 0.2) is 5.75 Å². The summed E-state index contributed by atoms with van der Waals surface area (Å²) in [6.07, 6.45) is 0. The van der Waals surface area contributed by atoms with Crippen LogP contribution in [0, 0.1) is 0 Å². The monoisotopic (exact) mass is 321 g/mol. The van der Waals surface area contributed by atoms with E-state index in [1.165, 1.54) is 0 Å². The minimum Gasteiger partial charge on any atom is -0.480 e. The molecule has 0 saturated carbocycles. The quantitative estimate of drug-likeness (QED) is 0.861. The second-order valence-corrected chi connectivity index (χ2v) is 6.21. The second-order valence-electron chi connectivity index (χ2n) is 3.54. The van der Waals surface area contributed by atoms with E-state index in [0.29, 0.717) is 0 Å². The fraction of sp³-hybridized carbons (Fsp3) is 0.300. The van der Waals surface area contributed by atoms with E-state index in [4.69, 9.17) is 5.11 Å². The van der Waals surface area contributed by atoms with E-state index in [9.17, 15) is 13.2 Å². The van der Waals surface area contributed by atoms with Gasteiger partial charge in [0.2, 0.25) is 10.0 Å². The number of hydrogen-bond acceptors (Lipinski definition) is 3. The lowest BCUT2D eigenvalue weighted by atomic mass is 10.1. The Morgan fingerprint density at radius 3 is 2.41 bits per heavy atom. The molecule has 17 heavy (non-hydrogen) atoms. The predicted octanol–water partition coefficient (Wildman–Crippen LogP) is 1.51. The first-order valence-electron chi connectivity index (χ1n) is 4.77. The molecule has 0 saturated heterocycles. The van der Waals surface area contributed by atoms with E-state index in [0.717, 1.165) is 10.0 Å². The van der Waals surface area contributed by atoms with Crippen LogP contribution in [0.1, 0.15) is 18.5 Å². The highest BCUT2D eigenvalue weighted by atomic mass is 79.9. The number of nitrogens with one attached hydrogen (secondary N) is 1. The lowest BCUT2D eigenvalue weighted by Gasteiger charge is -2.13. The van der Waals surface area contributed by atoms with Crippen LogP contribution in [0.25, 0.3) is 0 Å². The molecule has 0 unspecified atom stereocenters. The largest absolute Gasteiger partial charge is 0.480 e. The Bertz CT molecular complexity index is 498. The number of carbonyl (C=O) groups is 1. The summed E-state index contributed by atoms with van der Waals surface area (Å²) in [5.41, 5.74) is 0.766. The number of carboxylic acids is 1. The molecule has 94 valence electrons. The van der Waals surface area contributed by atoms with Crippen LogP contribution in [-0.4, -0.2) is 25.2 Å². The summed E-state index contributed by atoms with van der Waals surface area (Å²) in [5, 5.41) is 8.44. The molecule has 7 heteroatoms. The first-order chi connectivity index (χ1) is 7.80. The van der Waals surface area contributed by atoms with Crippen molar-refractivity contribution >= 4 is 31.9 Å². The molecule has 1 aromatic carbocycles. The zero-order chi connectivity index (χ0) is 13.1. The Balaban J connectivity index is 2.75. The Morgan fingerprint density at radius 1 is 1.41 bits per heavy atom. The highest BCUT2D eigenvalue weighted by molar-refractivity contribution is 9.10. The molecule has 1 atom stereocenters. The van der Waals surface area contributed by atoms with E-state index in [-0.39, 0.29) is 0 Å². The van der Waals surface area contributed by atoms with Crippen LogP contribution in [0.4, 0.5) is 0 Å². The van der Waals surface area contributed by atoms with Crippen molar-refractivity contribution in [3.05, 3.63) is 34.3 Å². The normalized spacial score (nSPS) is 13.3. The number of halogens is 1. The molecule has 0 aliphatic heterocycles. The zero-order valence-corrected chi connectivity index (χ0v) is 11.5. The lowest BCUT2D eigenvalue weighted by molar-refractivity contribution is -0.134. The molecule has 0 aliphatic carbocycles. The molecule has 1 aromatic rings. The number of benzene rings is 1. The molecule has 0 radical (unpaired) electrons. The van der Waals surface area contributed by atoms with Crippen LogP contribution in [0.2, 0.25) is 0 Å². The maximum atomic E-state index is 11.4. The van der Waals surface area contributed by atoms with Gasteiger partial charge in [-0.25, -0.2) is 13.1 Å². The number of sulfonamides is 1. The van der Waals surface area contributed by atoms with Crippen LogP contribution in [-0.2, 0) is 14.8 Å². The minimum atomic E-state index is -3.80. The average molecular weight is 322 g/mol. The predicted molar refractivity (Wildman–Crippen MR) is 67.1 cm³/mol. The van der Waals surface area contributed by atoms with E-state index >= 15 is 0 Å². The molecule has 1 rings (SSSR count). The third kappa shape index (κ3) is 4.84. The summed E-state index contributed by atoms with van der Waals surface area (Å²) in [7, 11) is -3.80. The third-order valence-electron chi connectivity index (χ3n) is 2.04. The highest BCUT2D eigenvalue weighted by Crippen LogP contribution is 2.17. The van der Waals surface area contributed by atoms with Crippen molar-refractivity contribution in [3.8, 4) is 0 Å². The number of hydrogen-bond donors (Lipinski definition) is 2. The van der Waals surface area contributed by atoms with E-state index in [2.05, 4.69) is 20.7 Å². The van der Waals surface area contributed by atoms with Crippen molar-refractivity contribution in [2.75, 3.05) is 5.75 Å². The molecular formula is C10H12BrNO4S. The Morgan fingerprint density at radius 2 is 1.94 bits per heavy atom. The molecule has 0 amide bonds. The van der Waals surface area contributed by atoms with E-state index < -0.39 is 27.8 Å². The van der Waals surface area contributed by atoms with Crippen molar-refractivity contribution in [1.82, 2.24) is 4.72 Å². The molecule has 0 aromatic heterocycles. The van der Waals surface area contributed by atoms with Gasteiger partial charge in [-0.1, -0.05) is 28.1 Å². The maximum Gasteiger partial charge on any atom is 0.320 e. The standard InChI is InChI=1S/C10H12BrNO4S/c1-7(8-2-4-9(11)5-3-8)12-17(15,16)6-10(13)14/h2-5,7,12H,6H2,1H3,(H,13,14)/t7-/m1/s1. The average Bonchev–Trinajstić information content (AvgIpc) is 2.15. The summed E-state index contributed by atoms with van der Waals surface area (Å²) in [6.45, 7) is 1.66. The molecule has 5 nitrogen and oxygen atoms in total. The summed E-state index contributed by atoms with van der Waals surface area (Å²) in [5.74, 6) is -2.30. The van der Waals surface area contributed by atoms with Gasteiger partial charge in [-0.2, -0.15) is 0 Å². The summed E-state index contributed by atoms with van der Waals surface area (Å²) in [4.78, 5) is 10.4. The molecule has 0 aliphatic rings. The van der Waals surface area contributed by atoms with E-state index in [1.54, 1.807) is 31.2 Å². The van der Waals surface area contributed by atoms with Crippen LogP contribution in [0.3, 0.4) is 0 Å². The summed E-state index contributed by atoms with van der Waals surface area (Å²) in [6, 6.07) is 6.64. The van der Waals surface area contributed by atoms with Gasteiger partial charge in [-0.15, -0.1) is 0 Å². The maximum absolute atomic E-state index is 11.4. The molecule has 0 fully saturated rings. The van der Waals surface area contributed by atoms with Crippen molar-refractivity contribution in [3.63, 3.8) is 0 Å². The van der Waals surface area contributed by atoms with Crippen molar-refractivity contribution in [2.45, 2.75) is 13.0 Å². The summed E-state index contributed by atoms with van der Waals surface area (Å²) >= 11 is 3.27. The van der Waals surface area contributed by atoms with Crippen LogP contribution in [0.5, 0.6) is 0 Å². The Kier molecular flexibility index (Phi) is 4.67. The number of aliphatic carboxylic acids is 1. The van der Waals surface area contributed by atoms with Crippen LogP contribution < -0.4 is 4.72 Å². The van der Waals surface area contributed by atoms with Crippen LogP contribution >= 0.6 is 15.9 Å². The van der Waals surface area contributed by atoms with Gasteiger partial charge in [-0.05, 0) is 24.6 Å². The smallest absolute Gasteiger partial charge is 0.320 e. The third-order valence-corrected chi connectivity index (χ3v) is 3.91. The number of carboxylic acid groups (broad SMARTS) is 1. The van der Waals surface area contributed by atoms with Gasteiger partial charge >= 0.3 is 5.97 Å². The van der Waals surface area contributed by atoms with Crippen molar-refractivity contribution in [2.24, 2.45) is 0 Å². The SMILES string of the molecule is C[C@@H](NS(=O)(=O)CC(=O)O)c1ccc(Br)cc1. The topological polar surface area (TPSA) is 83.5 Å². The van der Waals surface area contributed by atoms with Gasteiger partial charge in [0.1, 0.15) is 0 Å². The van der Waals surface area contributed by atoms with Gasteiger partial charge < -0.3 is 5.11 Å². The molecule has 2 N–H and O–H groups in total. The second kappa shape index (κ2) is 5.61. The Labute approximate surface area is 108 Å². The summed E-state index contributed by atoms with van der Waals surface area (Å²) < 4.78 is 26.0. The van der Waals surface area contributed by atoms with Gasteiger partial charge in [0.05, 0.1) is 0 Å². The van der Waals surface area contributed by atoms with Crippen LogP contribution in [0.15, 0.2) is 28.7 Å². The van der Waals surface area contributed by atoms with Crippen molar-refractivity contribution < 1.29 is 18.3 Å². The Hall–Kier alpha value is -0.920. The number of rotatable bonds is 5. The fourth-order valence-corrected chi connectivity index (χ4v) is 2.64. The van der Waals surface area contributed by atoms with E-state index in [1.807, 2.05) is 0 Å².